The van der Waals surface area contributed by atoms with Crippen molar-refractivity contribution in [1.29, 1.82) is 0 Å². The maximum Gasteiger partial charge on any atom is 0.0108 e. The molecule has 0 N–H and O–H groups in total. The van der Waals surface area contributed by atoms with Crippen LogP contribution in [0.5, 0.6) is 0 Å². The Hall–Kier alpha value is -0.300. The number of thiophene rings is 1. The highest BCUT2D eigenvalue weighted by atomic mass is 32.1. The smallest absolute Gasteiger partial charge is 0.0108 e. The molecule has 1 heterocycles. The predicted molar refractivity (Wildman–Crippen MR) is 71.3 cm³/mol. The Morgan fingerprint density at radius 3 is 1.33 bits per heavy atom. The van der Waals surface area contributed by atoms with Crippen molar-refractivity contribution in [3.63, 3.8) is 0 Å². The molecule has 0 amide bonds. The van der Waals surface area contributed by atoms with Crippen LogP contribution in [0.25, 0.3) is 0 Å². The van der Waals surface area contributed by atoms with Crippen LogP contribution in [0.1, 0.15) is 74.3 Å². The lowest BCUT2D eigenvalue weighted by molar-refractivity contribution is 0.849. The highest BCUT2D eigenvalue weighted by molar-refractivity contribution is 7.12. The monoisotopic (exact) mass is 224 g/mol. The summed E-state index contributed by atoms with van der Waals surface area (Å²) in [6.45, 7) is 13.8. The molecule has 1 heteroatoms. The van der Waals surface area contributed by atoms with Crippen LogP contribution in [0.15, 0.2) is 0 Å². The molecule has 1 rings (SSSR count). The average Bonchev–Trinajstić information content (AvgIpc) is 2.55. The van der Waals surface area contributed by atoms with E-state index in [4.69, 9.17) is 0 Å². The first-order chi connectivity index (χ1) is 7.02. The Bertz CT molecular complexity index is 288. The van der Waals surface area contributed by atoms with Gasteiger partial charge in [-0.15, -0.1) is 11.3 Å². The van der Waals surface area contributed by atoms with Crippen molar-refractivity contribution in [2.75, 3.05) is 0 Å². The van der Waals surface area contributed by atoms with Gasteiger partial charge in [0.05, 0.1) is 0 Å². The van der Waals surface area contributed by atoms with E-state index >= 15 is 0 Å². The van der Waals surface area contributed by atoms with Crippen LogP contribution in [0.4, 0.5) is 0 Å². The topological polar surface area (TPSA) is 0 Å². The summed E-state index contributed by atoms with van der Waals surface area (Å²) < 4.78 is 0. The van der Waals surface area contributed by atoms with Gasteiger partial charge in [0.1, 0.15) is 0 Å². The molecule has 0 spiro atoms. The Morgan fingerprint density at radius 1 is 0.800 bits per heavy atom. The molecule has 1 aromatic heterocycles. The molecule has 0 nitrogen and oxygen atoms in total. The lowest BCUT2D eigenvalue weighted by atomic mass is 9.96. The third-order valence-corrected chi connectivity index (χ3v) is 4.81. The van der Waals surface area contributed by atoms with Crippen molar-refractivity contribution in [1.82, 2.24) is 0 Å². The summed E-state index contributed by atoms with van der Waals surface area (Å²) in [4.78, 5) is 3.25. The van der Waals surface area contributed by atoms with Crippen LogP contribution < -0.4 is 0 Å². The standard InChI is InChI=1S/C14H24S/c1-7-11-12(8-2)14(10(5)6)15-13(11)9(3)4/h9-10H,7-8H2,1-6H3. The Kier molecular flexibility index (Phi) is 4.39. The number of rotatable bonds is 4. The molecule has 0 aromatic carbocycles. The summed E-state index contributed by atoms with van der Waals surface area (Å²) in [6.07, 6.45) is 2.39. The molecule has 0 aliphatic rings. The molecule has 0 saturated carbocycles. The molecule has 86 valence electrons. The Morgan fingerprint density at radius 2 is 1.13 bits per heavy atom. The second kappa shape index (κ2) is 5.16. The van der Waals surface area contributed by atoms with E-state index in [9.17, 15) is 0 Å². The van der Waals surface area contributed by atoms with Gasteiger partial charge in [-0.05, 0) is 35.8 Å². The molecule has 0 aliphatic heterocycles. The molecule has 0 unspecified atom stereocenters. The lowest BCUT2D eigenvalue weighted by Crippen LogP contribution is -1.95. The SMILES string of the molecule is CCc1c(C(C)C)sc(C(C)C)c1CC. The van der Waals surface area contributed by atoms with E-state index in [1.807, 2.05) is 0 Å². The van der Waals surface area contributed by atoms with E-state index in [-0.39, 0.29) is 0 Å². The fourth-order valence-electron chi connectivity index (χ4n) is 2.25. The van der Waals surface area contributed by atoms with Gasteiger partial charge in [-0.25, -0.2) is 0 Å². The van der Waals surface area contributed by atoms with Crippen LogP contribution in [-0.2, 0) is 12.8 Å². The first-order valence-electron chi connectivity index (χ1n) is 6.17. The summed E-state index contributed by atoms with van der Waals surface area (Å²) in [5.41, 5.74) is 3.28. The van der Waals surface area contributed by atoms with E-state index in [1.54, 1.807) is 20.9 Å². The molecule has 0 radical (unpaired) electrons. The summed E-state index contributed by atoms with van der Waals surface area (Å²) in [5, 5.41) is 0. The summed E-state index contributed by atoms with van der Waals surface area (Å²) >= 11 is 2.05. The first-order valence-corrected chi connectivity index (χ1v) is 6.98. The highest BCUT2D eigenvalue weighted by Crippen LogP contribution is 2.38. The number of hydrogen-bond acceptors (Lipinski definition) is 1. The highest BCUT2D eigenvalue weighted by Gasteiger charge is 2.18. The second-order valence-electron chi connectivity index (χ2n) is 4.80. The minimum Gasteiger partial charge on any atom is -0.144 e. The van der Waals surface area contributed by atoms with E-state index in [0.717, 1.165) is 0 Å². The van der Waals surface area contributed by atoms with Gasteiger partial charge in [-0.1, -0.05) is 41.5 Å². The third-order valence-electron chi connectivity index (χ3n) is 2.93. The van der Waals surface area contributed by atoms with E-state index in [2.05, 4.69) is 52.9 Å². The zero-order chi connectivity index (χ0) is 11.6. The van der Waals surface area contributed by atoms with Gasteiger partial charge in [-0.3, -0.25) is 0 Å². The maximum absolute atomic E-state index is 2.31. The Balaban J connectivity index is 3.31. The fraction of sp³-hybridized carbons (Fsp3) is 0.714. The van der Waals surface area contributed by atoms with Gasteiger partial charge < -0.3 is 0 Å². The average molecular weight is 224 g/mol. The van der Waals surface area contributed by atoms with E-state index in [1.165, 1.54) is 12.8 Å². The van der Waals surface area contributed by atoms with Crippen molar-refractivity contribution < 1.29 is 0 Å². The molecule has 0 aliphatic carbocycles. The molecule has 15 heavy (non-hydrogen) atoms. The summed E-state index contributed by atoms with van der Waals surface area (Å²) in [5.74, 6) is 1.37. The zero-order valence-corrected chi connectivity index (χ0v) is 11.8. The molecule has 0 fully saturated rings. The molecule has 0 atom stereocenters. The quantitative estimate of drug-likeness (QED) is 0.666. The largest absolute Gasteiger partial charge is 0.144 e. The Labute approximate surface area is 98.7 Å². The van der Waals surface area contributed by atoms with Crippen LogP contribution in [0.3, 0.4) is 0 Å². The van der Waals surface area contributed by atoms with Gasteiger partial charge in [0, 0.05) is 9.75 Å². The van der Waals surface area contributed by atoms with E-state index in [0.29, 0.717) is 11.8 Å². The van der Waals surface area contributed by atoms with Crippen molar-refractivity contribution in [3.8, 4) is 0 Å². The molecule has 0 saturated heterocycles. The second-order valence-corrected chi connectivity index (χ2v) is 5.89. The van der Waals surface area contributed by atoms with Crippen LogP contribution in [0.2, 0.25) is 0 Å². The minimum atomic E-state index is 0.683. The van der Waals surface area contributed by atoms with Crippen molar-refractivity contribution in [2.24, 2.45) is 0 Å². The van der Waals surface area contributed by atoms with Gasteiger partial charge in [0.15, 0.2) is 0 Å². The van der Waals surface area contributed by atoms with Gasteiger partial charge in [0.2, 0.25) is 0 Å². The molecule has 0 bridgehead atoms. The van der Waals surface area contributed by atoms with Crippen molar-refractivity contribution in [2.45, 2.75) is 66.2 Å². The zero-order valence-electron chi connectivity index (χ0n) is 11.0. The van der Waals surface area contributed by atoms with Crippen LogP contribution in [0, 0.1) is 0 Å². The minimum absolute atomic E-state index is 0.683. The molecular weight excluding hydrogens is 200 g/mol. The summed E-state index contributed by atoms with van der Waals surface area (Å²) in [6, 6.07) is 0. The van der Waals surface area contributed by atoms with E-state index < -0.39 is 0 Å². The normalized spacial score (nSPS) is 11.7. The van der Waals surface area contributed by atoms with Crippen molar-refractivity contribution >= 4 is 11.3 Å². The molecular formula is C14H24S. The maximum atomic E-state index is 2.31. The van der Waals surface area contributed by atoms with Crippen molar-refractivity contribution in [3.05, 3.63) is 20.9 Å². The lowest BCUT2D eigenvalue weighted by Gasteiger charge is -2.07. The summed E-state index contributed by atoms with van der Waals surface area (Å²) in [7, 11) is 0. The third kappa shape index (κ3) is 2.44. The van der Waals surface area contributed by atoms with Gasteiger partial charge >= 0.3 is 0 Å². The molecule has 1 aromatic rings. The predicted octanol–water partition coefficient (Wildman–Crippen LogP) is 5.12. The first kappa shape index (κ1) is 12.8. The number of hydrogen-bond donors (Lipinski definition) is 0. The van der Waals surface area contributed by atoms with Crippen LogP contribution >= 0.6 is 11.3 Å². The van der Waals surface area contributed by atoms with Gasteiger partial charge in [0.25, 0.3) is 0 Å². The fourth-order valence-corrected chi connectivity index (χ4v) is 3.74. The van der Waals surface area contributed by atoms with Crippen LogP contribution in [-0.4, -0.2) is 0 Å². The van der Waals surface area contributed by atoms with Gasteiger partial charge in [-0.2, -0.15) is 0 Å².